The highest BCUT2D eigenvalue weighted by molar-refractivity contribution is 5.37. The first-order valence-electron chi connectivity index (χ1n) is 4.81. The molecule has 0 saturated carbocycles. The van der Waals surface area contributed by atoms with Gasteiger partial charge in [0.2, 0.25) is 0 Å². The van der Waals surface area contributed by atoms with E-state index in [1.807, 2.05) is 13.0 Å². The second kappa shape index (κ2) is 4.44. The van der Waals surface area contributed by atoms with Crippen molar-refractivity contribution in [2.75, 3.05) is 0 Å². The van der Waals surface area contributed by atoms with Crippen LogP contribution in [-0.2, 0) is 6.42 Å². The first-order chi connectivity index (χ1) is 6.56. The average molecular weight is 195 g/mol. The van der Waals surface area contributed by atoms with Crippen molar-refractivity contribution in [3.8, 4) is 5.75 Å². The smallest absolute Gasteiger partial charge is 0.115 e. The summed E-state index contributed by atoms with van der Waals surface area (Å²) in [5, 5.41) is 18.7. The highest BCUT2D eigenvalue weighted by atomic mass is 16.3. The third kappa shape index (κ3) is 2.25. The molecule has 3 nitrogen and oxygen atoms in total. The van der Waals surface area contributed by atoms with E-state index in [1.54, 1.807) is 19.1 Å². The molecule has 4 N–H and O–H groups in total. The number of hydrogen-bond acceptors (Lipinski definition) is 3. The Morgan fingerprint density at radius 2 is 2.07 bits per heavy atom. The zero-order valence-corrected chi connectivity index (χ0v) is 8.57. The molecule has 0 radical (unpaired) electrons. The molecule has 14 heavy (non-hydrogen) atoms. The largest absolute Gasteiger partial charge is 0.508 e. The molecule has 1 aromatic rings. The van der Waals surface area contributed by atoms with E-state index in [-0.39, 0.29) is 5.75 Å². The molecule has 1 unspecified atom stereocenters. The van der Waals surface area contributed by atoms with Gasteiger partial charge in [0.05, 0.1) is 12.1 Å². The number of aliphatic hydroxyl groups excluding tert-OH is 1. The Morgan fingerprint density at radius 1 is 1.43 bits per heavy atom. The fourth-order valence-electron chi connectivity index (χ4n) is 1.47. The van der Waals surface area contributed by atoms with Gasteiger partial charge in [-0.05, 0) is 36.6 Å². The van der Waals surface area contributed by atoms with E-state index in [9.17, 15) is 10.2 Å². The van der Waals surface area contributed by atoms with Crippen LogP contribution in [0.25, 0.3) is 0 Å². The molecule has 1 aromatic carbocycles. The number of hydrogen-bond donors (Lipinski definition) is 3. The molecule has 0 aliphatic carbocycles. The molecule has 0 aromatic heterocycles. The molecule has 0 aliphatic rings. The van der Waals surface area contributed by atoms with Gasteiger partial charge in [-0.1, -0.05) is 13.0 Å². The lowest BCUT2D eigenvalue weighted by Crippen LogP contribution is -2.24. The Kier molecular flexibility index (Phi) is 3.49. The number of phenols is 1. The number of nitrogens with two attached hydrogens (primary N) is 1. The maximum Gasteiger partial charge on any atom is 0.115 e. The van der Waals surface area contributed by atoms with Gasteiger partial charge in [0.1, 0.15) is 5.75 Å². The molecule has 0 amide bonds. The lowest BCUT2D eigenvalue weighted by molar-refractivity contribution is 0.164. The van der Waals surface area contributed by atoms with Crippen molar-refractivity contribution in [2.24, 2.45) is 5.73 Å². The van der Waals surface area contributed by atoms with Crippen LogP contribution < -0.4 is 5.73 Å². The number of rotatable bonds is 3. The predicted molar refractivity (Wildman–Crippen MR) is 56.1 cm³/mol. The predicted octanol–water partition coefficient (Wildman–Crippen LogP) is 1.34. The highest BCUT2D eigenvalue weighted by Gasteiger charge is 2.15. The molecule has 0 saturated heterocycles. The van der Waals surface area contributed by atoms with Crippen LogP contribution in [0.15, 0.2) is 18.2 Å². The standard InChI is InChI=1S/C11H17NO2/c1-3-8-4-5-9(14)6-10(8)11(12)7(2)13/h4-7,11,13-14H,3,12H2,1-2H3/t7?,11-/m1/s1. The maximum atomic E-state index is 9.38. The highest BCUT2D eigenvalue weighted by Crippen LogP contribution is 2.24. The fraction of sp³-hybridized carbons (Fsp3) is 0.455. The minimum atomic E-state index is -0.609. The summed E-state index contributed by atoms with van der Waals surface area (Å²) in [4.78, 5) is 0. The fourth-order valence-corrected chi connectivity index (χ4v) is 1.47. The van der Waals surface area contributed by atoms with Crippen LogP contribution >= 0.6 is 0 Å². The van der Waals surface area contributed by atoms with Gasteiger partial charge in [-0.25, -0.2) is 0 Å². The first-order valence-corrected chi connectivity index (χ1v) is 4.81. The van der Waals surface area contributed by atoms with Crippen LogP contribution in [0.2, 0.25) is 0 Å². The molecular weight excluding hydrogens is 178 g/mol. The zero-order valence-electron chi connectivity index (χ0n) is 8.57. The van der Waals surface area contributed by atoms with Gasteiger partial charge in [-0.15, -0.1) is 0 Å². The summed E-state index contributed by atoms with van der Waals surface area (Å²) in [6, 6.07) is 4.66. The number of phenolic OH excluding ortho intramolecular Hbond substituents is 1. The van der Waals surface area contributed by atoms with E-state index in [4.69, 9.17) is 5.73 Å². The summed E-state index contributed by atoms with van der Waals surface area (Å²) < 4.78 is 0. The summed E-state index contributed by atoms with van der Waals surface area (Å²) in [5.74, 6) is 0.188. The van der Waals surface area contributed by atoms with Crippen LogP contribution in [-0.4, -0.2) is 16.3 Å². The Morgan fingerprint density at radius 3 is 2.57 bits per heavy atom. The van der Waals surface area contributed by atoms with Gasteiger partial charge in [0, 0.05) is 0 Å². The van der Waals surface area contributed by atoms with Crippen LogP contribution in [0.4, 0.5) is 0 Å². The molecule has 0 heterocycles. The van der Waals surface area contributed by atoms with Crippen molar-refractivity contribution < 1.29 is 10.2 Å². The summed E-state index contributed by atoms with van der Waals surface area (Å²) in [6.07, 6.45) is 0.234. The van der Waals surface area contributed by atoms with Gasteiger partial charge in [0.15, 0.2) is 0 Å². The molecule has 0 fully saturated rings. The van der Waals surface area contributed by atoms with Crippen molar-refractivity contribution in [3.63, 3.8) is 0 Å². The van der Waals surface area contributed by atoms with Crippen LogP contribution in [0.3, 0.4) is 0 Å². The monoisotopic (exact) mass is 195 g/mol. The van der Waals surface area contributed by atoms with Crippen LogP contribution in [0.5, 0.6) is 5.75 Å². The topological polar surface area (TPSA) is 66.5 Å². The Hall–Kier alpha value is -1.06. The van der Waals surface area contributed by atoms with Crippen LogP contribution in [0, 0.1) is 0 Å². The molecule has 3 heteroatoms. The van der Waals surface area contributed by atoms with Gasteiger partial charge in [-0.2, -0.15) is 0 Å². The minimum Gasteiger partial charge on any atom is -0.508 e. The van der Waals surface area contributed by atoms with E-state index in [1.165, 1.54) is 0 Å². The SMILES string of the molecule is CCc1ccc(O)cc1[C@H](N)C(C)O. The summed E-state index contributed by atoms with van der Waals surface area (Å²) in [5.41, 5.74) is 7.71. The normalized spacial score (nSPS) is 15.1. The number of aryl methyl sites for hydroxylation is 1. The number of aromatic hydroxyl groups is 1. The van der Waals surface area contributed by atoms with E-state index in [0.717, 1.165) is 17.5 Å². The zero-order chi connectivity index (χ0) is 10.7. The van der Waals surface area contributed by atoms with E-state index < -0.39 is 12.1 Å². The third-order valence-electron chi connectivity index (χ3n) is 2.39. The van der Waals surface area contributed by atoms with Gasteiger partial charge in [0.25, 0.3) is 0 Å². The van der Waals surface area contributed by atoms with Gasteiger partial charge in [-0.3, -0.25) is 0 Å². The van der Waals surface area contributed by atoms with E-state index >= 15 is 0 Å². The van der Waals surface area contributed by atoms with Crippen molar-refractivity contribution in [2.45, 2.75) is 32.4 Å². The molecule has 78 valence electrons. The Labute approximate surface area is 84.2 Å². The quantitative estimate of drug-likeness (QED) is 0.681. The molecule has 0 bridgehead atoms. The van der Waals surface area contributed by atoms with Gasteiger partial charge >= 0.3 is 0 Å². The molecule has 0 aliphatic heterocycles. The summed E-state index contributed by atoms with van der Waals surface area (Å²) in [6.45, 7) is 3.67. The Balaban J connectivity index is 3.10. The van der Waals surface area contributed by atoms with E-state index in [0.29, 0.717) is 0 Å². The Bertz CT molecular complexity index is 310. The maximum absolute atomic E-state index is 9.38. The average Bonchev–Trinajstić information content (AvgIpc) is 2.16. The van der Waals surface area contributed by atoms with Crippen molar-refractivity contribution in [1.29, 1.82) is 0 Å². The number of aliphatic hydroxyl groups is 1. The van der Waals surface area contributed by atoms with Crippen molar-refractivity contribution in [1.82, 2.24) is 0 Å². The first kappa shape index (κ1) is 11.0. The second-order valence-corrected chi connectivity index (χ2v) is 3.50. The minimum absolute atomic E-state index is 0.188. The second-order valence-electron chi connectivity index (χ2n) is 3.50. The molecule has 1 rings (SSSR count). The van der Waals surface area contributed by atoms with Gasteiger partial charge < -0.3 is 15.9 Å². The van der Waals surface area contributed by atoms with Crippen molar-refractivity contribution in [3.05, 3.63) is 29.3 Å². The number of benzene rings is 1. The summed E-state index contributed by atoms with van der Waals surface area (Å²) in [7, 11) is 0. The van der Waals surface area contributed by atoms with E-state index in [2.05, 4.69) is 0 Å². The third-order valence-corrected chi connectivity index (χ3v) is 2.39. The van der Waals surface area contributed by atoms with Crippen LogP contribution in [0.1, 0.15) is 31.0 Å². The lowest BCUT2D eigenvalue weighted by atomic mass is 9.96. The van der Waals surface area contributed by atoms with Crippen molar-refractivity contribution >= 4 is 0 Å². The lowest BCUT2D eigenvalue weighted by Gasteiger charge is -2.18. The molecular formula is C11H17NO2. The summed E-state index contributed by atoms with van der Waals surface area (Å²) >= 11 is 0. The molecule has 2 atom stereocenters. The molecule has 0 spiro atoms.